The third-order valence-electron chi connectivity index (χ3n) is 3.49. The van der Waals surface area contributed by atoms with E-state index in [-0.39, 0.29) is 12.3 Å². The molecule has 0 atom stereocenters. The van der Waals surface area contributed by atoms with Gasteiger partial charge in [0.05, 0.1) is 6.61 Å². The largest absolute Gasteiger partial charge is 0.494 e. The minimum Gasteiger partial charge on any atom is -0.494 e. The molecule has 0 fully saturated rings. The van der Waals surface area contributed by atoms with E-state index in [1.54, 1.807) is 29.6 Å². The number of nitrogens with zero attached hydrogens (tertiary/aromatic N) is 1. The summed E-state index contributed by atoms with van der Waals surface area (Å²) in [5, 5.41) is 8.12. The molecule has 1 heterocycles. The number of carbonyl (C=O) groups is 2. The number of esters is 1. The van der Waals surface area contributed by atoms with Gasteiger partial charge in [0.15, 0.2) is 17.4 Å². The predicted octanol–water partition coefficient (Wildman–Crippen LogP) is 3.80. The van der Waals surface area contributed by atoms with Crippen molar-refractivity contribution in [3.8, 4) is 5.75 Å². The highest BCUT2D eigenvalue weighted by Crippen LogP contribution is 2.17. The lowest BCUT2D eigenvalue weighted by Crippen LogP contribution is -2.21. The highest BCUT2D eigenvalue weighted by Gasteiger charge is 2.14. The molecule has 0 saturated carbocycles. The number of anilines is 2. The molecule has 1 aromatic heterocycles. The van der Waals surface area contributed by atoms with Gasteiger partial charge >= 0.3 is 5.97 Å². The zero-order valence-electron chi connectivity index (χ0n) is 15.8. The third-order valence-corrected chi connectivity index (χ3v) is 4.29. The Morgan fingerprint density at radius 3 is 2.63 bits per heavy atom. The van der Waals surface area contributed by atoms with E-state index in [2.05, 4.69) is 29.5 Å². The van der Waals surface area contributed by atoms with Gasteiger partial charge in [-0.2, -0.15) is 0 Å². The molecule has 8 heteroatoms. The van der Waals surface area contributed by atoms with Crippen molar-refractivity contribution in [2.75, 3.05) is 30.4 Å². The van der Waals surface area contributed by atoms with Gasteiger partial charge in [-0.25, -0.2) is 9.78 Å². The lowest BCUT2D eigenvalue weighted by molar-refractivity contribution is -0.119. The zero-order valence-corrected chi connectivity index (χ0v) is 16.6. The van der Waals surface area contributed by atoms with Crippen molar-refractivity contribution in [1.29, 1.82) is 0 Å². The Morgan fingerprint density at radius 2 is 1.96 bits per heavy atom. The van der Waals surface area contributed by atoms with Crippen LogP contribution >= 0.6 is 11.3 Å². The van der Waals surface area contributed by atoms with Gasteiger partial charge in [0, 0.05) is 17.6 Å². The molecule has 0 saturated heterocycles. The van der Waals surface area contributed by atoms with Gasteiger partial charge in [-0.05, 0) is 43.5 Å². The van der Waals surface area contributed by atoms with E-state index in [9.17, 15) is 9.59 Å². The van der Waals surface area contributed by atoms with Gasteiger partial charge in [-0.3, -0.25) is 4.79 Å². The number of aromatic nitrogens is 1. The van der Waals surface area contributed by atoms with Crippen LogP contribution in [0.15, 0.2) is 29.6 Å². The van der Waals surface area contributed by atoms with Crippen LogP contribution in [0.3, 0.4) is 0 Å². The van der Waals surface area contributed by atoms with Crippen LogP contribution in [0.2, 0.25) is 0 Å². The molecule has 0 spiro atoms. The van der Waals surface area contributed by atoms with Crippen molar-refractivity contribution in [1.82, 2.24) is 4.98 Å². The normalized spacial score (nSPS) is 10.5. The first kappa shape index (κ1) is 20.7. The van der Waals surface area contributed by atoms with Crippen LogP contribution in [-0.4, -0.2) is 36.6 Å². The van der Waals surface area contributed by atoms with E-state index in [4.69, 9.17) is 9.47 Å². The number of ether oxygens (including phenoxy) is 2. The number of carbonyl (C=O) groups excluding carboxylic acids is 2. The van der Waals surface area contributed by atoms with Gasteiger partial charge < -0.3 is 20.1 Å². The molecule has 0 radical (unpaired) electrons. The van der Waals surface area contributed by atoms with E-state index in [0.29, 0.717) is 23.3 Å². The van der Waals surface area contributed by atoms with Crippen LogP contribution in [0.1, 0.15) is 37.7 Å². The molecule has 27 heavy (non-hydrogen) atoms. The molecule has 2 aromatic rings. The maximum atomic E-state index is 12.0. The Morgan fingerprint density at radius 1 is 1.22 bits per heavy atom. The topological polar surface area (TPSA) is 89.5 Å². The molecule has 2 rings (SSSR count). The number of hydrogen-bond acceptors (Lipinski definition) is 7. The Bertz CT molecular complexity index is 744. The van der Waals surface area contributed by atoms with Crippen molar-refractivity contribution in [2.45, 2.75) is 27.2 Å². The Balaban J connectivity index is 1.76. The van der Waals surface area contributed by atoms with Crippen LogP contribution in [-0.2, 0) is 9.53 Å². The fraction of sp³-hybridized carbons (Fsp3) is 0.421. The van der Waals surface area contributed by atoms with Crippen LogP contribution < -0.4 is 15.4 Å². The smallest absolute Gasteiger partial charge is 0.358 e. The predicted molar refractivity (Wildman–Crippen MR) is 107 cm³/mol. The van der Waals surface area contributed by atoms with Crippen LogP contribution in [0, 0.1) is 5.92 Å². The van der Waals surface area contributed by atoms with Gasteiger partial charge in [-0.15, -0.1) is 11.3 Å². The molecule has 0 aliphatic heterocycles. The lowest BCUT2D eigenvalue weighted by Gasteiger charge is -2.07. The summed E-state index contributed by atoms with van der Waals surface area (Å²) in [5.74, 6) is 0.280. The molecule has 0 bridgehead atoms. The maximum absolute atomic E-state index is 12.0. The van der Waals surface area contributed by atoms with Crippen molar-refractivity contribution < 1.29 is 19.1 Å². The Hall–Kier alpha value is -2.61. The number of nitrogens with one attached hydrogen (secondary N) is 2. The third kappa shape index (κ3) is 7.26. The molecule has 1 amide bonds. The molecule has 0 unspecified atom stereocenters. The molecule has 0 aliphatic rings. The van der Waals surface area contributed by atoms with Gasteiger partial charge in [0.1, 0.15) is 5.75 Å². The first-order valence-electron chi connectivity index (χ1n) is 8.87. The molecule has 7 nitrogen and oxygen atoms in total. The summed E-state index contributed by atoms with van der Waals surface area (Å²) >= 11 is 1.34. The monoisotopic (exact) mass is 391 g/mol. The lowest BCUT2D eigenvalue weighted by atomic mass is 10.1. The van der Waals surface area contributed by atoms with Crippen molar-refractivity contribution in [2.24, 2.45) is 5.92 Å². The number of thiazole rings is 1. The summed E-state index contributed by atoms with van der Waals surface area (Å²) in [4.78, 5) is 28.1. The van der Waals surface area contributed by atoms with Crippen LogP contribution in [0.5, 0.6) is 5.75 Å². The minimum absolute atomic E-state index is 0.195. The number of hydrogen-bond donors (Lipinski definition) is 2. The maximum Gasteiger partial charge on any atom is 0.358 e. The molecule has 146 valence electrons. The van der Waals surface area contributed by atoms with E-state index >= 15 is 0 Å². The van der Waals surface area contributed by atoms with Crippen LogP contribution in [0.4, 0.5) is 10.8 Å². The van der Waals surface area contributed by atoms with E-state index < -0.39 is 11.9 Å². The van der Waals surface area contributed by atoms with Crippen molar-refractivity contribution >= 4 is 34.0 Å². The van der Waals surface area contributed by atoms with Gasteiger partial charge in [-0.1, -0.05) is 13.8 Å². The Labute approximate surface area is 163 Å². The van der Waals surface area contributed by atoms with Crippen molar-refractivity contribution in [3.05, 3.63) is 35.3 Å². The first-order valence-corrected chi connectivity index (χ1v) is 9.75. The summed E-state index contributed by atoms with van der Waals surface area (Å²) in [5.41, 5.74) is 0.797. The molecular formula is C19H25N3O4S. The first-order chi connectivity index (χ1) is 13.0. The summed E-state index contributed by atoms with van der Waals surface area (Å²) in [7, 11) is 0. The van der Waals surface area contributed by atoms with Gasteiger partial charge in [0.2, 0.25) is 0 Å². The molecular weight excluding hydrogens is 366 g/mol. The quantitative estimate of drug-likeness (QED) is 0.599. The summed E-state index contributed by atoms with van der Waals surface area (Å²) in [6.45, 7) is 7.18. The SMILES string of the molecule is CCOc1ccc(NC(=O)COC(=O)c2csc(NCCC(C)C)n2)cc1. The Kier molecular flexibility index (Phi) is 8.06. The van der Waals surface area contributed by atoms with Crippen molar-refractivity contribution in [3.63, 3.8) is 0 Å². The zero-order chi connectivity index (χ0) is 19.6. The molecule has 1 aromatic carbocycles. The average molecular weight is 391 g/mol. The number of benzene rings is 1. The molecule has 2 N–H and O–H groups in total. The molecule has 0 aliphatic carbocycles. The second kappa shape index (κ2) is 10.5. The van der Waals surface area contributed by atoms with E-state index in [0.717, 1.165) is 18.7 Å². The highest BCUT2D eigenvalue weighted by atomic mass is 32.1. The summed E-state index contributed by atoms with van der Waals surface area (Å²) in [6.07, 6.45) is 1.02. The second-order valence-electron chi connectivity index (χ2n) is 6.23. The fourth-order valence-electron chi connectivity index (χ4n) is 2.12. The second-order valence-corrected chi connectivity index (χ2v) is 7.09. The summed E-state index contributed by atoms with van der Waals surface area (Å²) < 4.78 is 10.4. The van der Waals surface area contributed by atoms with E-state index in [1.165, 1.54) is 11.3 Å². The minimum atomic E-state index is -0.620. The van der Waals surface area contributed by atoms with E-state index in [1.807, 2.05) is 6.92 Å². The fourth-order valence-corrected chi connectivity index (χ4v) is 2.83. The standard InChI is InChI=1S/C19H25N3O4S/c1-4-25-15-7-5-14(6-8-15)21-17(23)11-26-18(24)16-12-27-19(22-16)20-10-9-13(2)3/h5-8,12-13H,4,9-11H2,1-3H3,(H,20,22)(H,21,23). The average Bonchev–Trinajstić information content (AvgIpc) is 3.10. The van der Waals surface area contributed by atoms with Gasteiger partial charge in [0.25, 0.3) is 5.91 Å². The van der Waals surface area contributed by atoms with Crippen LogP contribution in [0.25, 0.3) is 0 Å². The number of amides is 1. The highest BCUT2D eigenvalue weighted by molar-refractivity contribution is 7.13. The summed E-state index contributed by atoms with van der Waals surface area (Å²) in [6, 6.07) is 6.96. The number of rotatable bonds is 10.